The largest absolute Gasteiger partial charge is 0.349 e. The lowest BCUT2D eigenvalue weighted by Gasteiger charge is -2.30. The van der Waals surface area contributed by atoms with Crippen LogP contribution in [0.15, 0.2) is 22.7 Å². The summed E-state index contributed by atoms with van der Waals surface area (Å²) in [5.74, 6) is 0.379. The van der Waals surface area contributed by atoms with Crippen LogP contribution in [0.2, 0.25) is 5.02 Å². The van der Waals surface area contributed by atoms with E-state index in [9.17, 15) is 4.79 Å². The summed E-state index contributed by atoms with van der Waals surface area (Å²) in [4.78, 5) is 12.2. The second-order valence-corrected chi connectivity index (χ2v) is 5.96. The molecule has 1 aliphatic heterocycles. The molecule has 0 aromatic heterocycles. The first-order valence-corrected chi connectivity index (χ1v) is 7.21. The molecule has 2 rings (SSSR count). The number of piperidine rings is 1. The Bertz CT molecular complexity index is 456. The zero-order valence-corrected chi connectivity index (χ0v) is 13.7. The van der Waals surface area contributed by atoms with Crippen molar-refractivity contribution in [1.82, 2.24) is 10.6 Å². The molecule has 106 valence electrons. The van der Waals surface area contributed by atoms with E-state index in [4.69, 9.17) is 11.6 Å². The second-order valence-electron chi connectivity index (χ2n) is 4.67. The molecular formula is C13H17BrCl2N2O. The van der Waals surface area contributed by atoms with Crippen molar-refractivity contribution >= 4 is 45.8 Å². The normalized spacial score (nSPS) is 22.5. The Kier molecular flexibility index (Phi) is 6.60. The van der Waals surface area contributed by atoms with Crippen LogP contribution in [0, 0.1) is 5.92 Å². The molecule has 1 fully saturated rings. The maximum atomic E-state index is 12.2. The van der Waals surface area contributed by atoms with Crippen molar-refractivity contribution in [3.8, 4) is 0 Å². The van der Waals surface area contributed by atoms with Crippen molar-refractivity contribution in [2.45, 2.75) is 19.4 Å². The molecule has 0 radical (unpaired) electrons. The molecule has 6 heteroatoms. The molecule has 0 saturated carbocycles. The van der Waals surface area contributed by atoms with E-state index >= 15 is 0 Å². The maximum Gasteiger partial charge on any atom is 0.252 e. The fraction of sp³-hybridized carbons (Fsp3) is 0.462. The maximum absolute atomic E-state index is 12.2. The lowest BCUT2D eigenvalue weighted by Crippen LogP contribution is -2.48. The van der Waals surface area contributed by atoms with Crippen LogP contribution in [0.5, 0.6) is 0 Å². The molecule has 1 saturated heterocycles. The molecule has 19 heavy (non-hydrogen) atoms. The molecule has 3 nitrogen and oxygen atoms in total. The quantitative estimate of drug-likeness (QED) is 0.842. The van der Waals surface area contributed by atoms with Gasteiger partial charge in [-0.2, -0.15) is 0 Å². The van der Waals surface area contributed by atoms with Crippen LogP contribution in [0.4, 0.5) is 0 Å². The lowest BCUT2D eigenvalue weighted by molar-refractivity contribution is 0.0913. The summed E-state index contributed by atoms with van der Waals surface area (Å²) >= 11 is 9.30. The van der Waals surface area contributed by atoms with Crippen LogP contribution in [0.25, 0.3) is 0 Å². The molecule has 1 aromatic rings. The van der Waals surface area contributed by atoms with Crippen LogP contribution in [-0.4, -0.2) is 25.0 Å². The van der Waals surface area contributed by atoms with Gasteiger partial charge in [-0.1, -0.05) is 18.5 Å². The van der Waals surface area contributed by atoms with Crippen molar-refractivity contribution in [3.05, 3.63) is 33.3 Å². The topological polar surface area (TPSA) is 41.1 Å². The lowest BCUT2D eigenvalue weighted by atomic mass is 9.95. The van der Waals surface area contributed by atoms with E-state index in [1.165, 1.54) is 0 Å². The fourth-order valence-corrected chi connectivity index (χ4v) is 2.74. The highest BCUT2D eigenvalue weighted by Crippen LogP contribution is 2.22. The first kappa shape index (κ1) is 16.8. The number of nitrogens with one attached hydrogen (secondary N) is 2. The van der Waals surface area contributed by atoms with Gasteiger partial charge < -0.3 is 10.6 Å². The molecule has 1 amide bonds. The highest BCUT2D eigenvalue weighted by Gasteiger charge is 2.23. The molecule has 0 aliphatic carbocycles. The number of hydrogen-bond donors (Lipinski definition) is 2. The number of benzene rings is 1. The number of amides is 1. The third-order valence-corrected chi connectivity index (χ3v) is 4.20. The van der Waals surface area contributed by atoms with Crippen molar-refractivity contribution in [2.24, 2.45) is 5.92 Å². The predicted molar refractivity (Wildman–Crippen MR) is 84.3 cm³/mol. The molecule has 0 bridgehead atoms. The summed E-state index contributed by atoms with van der Waals surface area (Å²) < 4.78 is 0.769. The van der Waals surface area contributed by atoms with Crippen LogP contribution in [0.3, 0.4) is 0 Å². The van der Waals surface area contributed by atoms with Gasteiger partial charge in [-0.05, 0) is 59.6 Å². The van der Waals surface area contributed by atoms with E-state index in [1.807, 2.05) is 0 Å². The molecule has 0 spiro atoms. The van der Waals surface area contributed by atoms with E-state index in [-0.39, 0.29) is 24.4 Å². The van der Waals surface area contributed by atoms with Crippen molar-refractivity contribution in [3.63, 3.8) is 0 Å². The Labute approximate surface area is 133 Å². The first-order chi connectivity index (χ1) is 8.58. The molecule has 2 N–H and O–H groups in total. The minimum Gasteiger partial charge on any atom is -0.349 e. The van der Waals surface area contributed by atoms with Gasteiger partial charge in [0.1, 0.15) is 0 Å². The fourth-order valence-electron chi connectivity index (χ4n) is 2.15. The van der Waals surface area contributed by atoms with Gasteiger partial charge in [0, 0.05) is 15.5 Å². The minimum atomic E-state index is -0.0666. The van der Waals surface area contributed by atoms with Crippen LogP contribution < -0.4 is 10.6 Å². The number of carbonyl (C=O) groups excluding carboxylic acids is 1. The summed E-state index contributed by atoms with van der Waals surface area (Å²) in [6, 6.07) is 5.47. The number of halogens is 3. The molecule has 1 aromatic carbocycles. The molecular weight excluding hydrogens is 351 g/mol. The summed E-state index contributed by atoms with van der Waals surface area (Å²) in [6.45, 7) is 4.04. The molecule has 2 atom stereocenters. The average molecular weight is 368 g/mol. The van der Waals surface area contributed by atoms with Gasteiger partial charge in [0.2, 0.25) is 0 Å². The SMILES string of the molecule is CC1CNCCC1NC(=O)c1cc(Cl)ccc1Br.Cl. The Morgan fingerprint density at radius 1 is 1.53 bits per heavy atom. The summed E-state index contributed by atoms with van der Waals surface area (Å²) in [5.41, 5.74) is 0.591. The summed E-state index contributed by atoms with van der Waals surface area (Å²) in [6.07, 6.45) is 0.963. The van der Waals surface area contributed by atoms with Gasteiger partial charge in [0.25, 0.3) is 5.91 Å². The third-order valence-electron chi connectivity index (χ3n) is 3.27. The standard InChI is InChI=1S/C13H16BrClN2O.ClH/c1-8-7-16-5-4-12(8)17-13(18)10-6-9(15)2-3-11(10)14;/h2-3,6,8,12,16H,4-5,7H2,1H3,(H,17,18);1H. The van der Waals surface area contributed by atoms with E-state index < -0.39 is 0 Å². The smallest absolute Gasteiger partial charge is 0.252 e. The summed E-state index contributed by atoms with van der Waals surface area (Å²) in [7, 11) is 0. The van der Waals surface area contributed by atoms with E-state index in [2.05, 4.69) is 33.5 Å². The third kappa shape index (κ3) is 4.35. The van der Waals surface area contributed by atoms with E-state index in [1.54, 1.807) is 18.2 Å². The van der Waals surface area contributed by atoms with Crippen LogP contribution in [-0.2, 0) is 0 Å². The second kappa shape index (κ2) is 7.48. The Morgan fingerprint density at radius 3 is 2.95 bits per heavy atom. The van der Waals surface area contributed by atoms with Gasteiger partial charge in [-0.3, -0.25) is 4.79 Å². The highest BCUT2D eigenvalue weighted by molar-refractivity contribution is 9.10. The van der Waals surface area contributed by atoms with Gasteiger partial charge >= 0.3 is 0 Å². The summed E-state index contributed by atoms with van der Waals surface area (Å²) in [5, 5.41) is 6.97. The molecule has 1 aliphatic rings. The van der Waals surface area contributed by atoms with Crippen molar-refractivity contribution < 1.29 is 4.79 Å². The van der Waals surface area contributed by atoms with E-state index in [0.717, 1.165) is 24.0 Å². The monoisotopic (exact) mass is 366 g/mol. The Balaban J connectivity index is 0.00000180. The van der Waals surface area contributed by atoms with Gasteiger partial charge in [-0.25, -0.2) is 0 Å². The van der Waals surface area contributed by atoms with Gasteiger partial charge in [-0.15, -0.1) is 12.4 Å². The highest BCUT2D eigenvalue weighted by atomic mass is 79.9. The predicted octanol–water partition coefficient (Wildman–Crippen LogP) is 3.25. The molecule has 1 heterocycles. The van der Waals surface area contributed by atoms with Crippen molar-refractivity contribution in [1.29, 1.82) is 0 Å². The van der Waals surface area contributed by atoms with Crippen molar-refractivity contribution in [2.75, 3.05) is 13.1 Å². The van der Waals surface area contributed by atoms with Gasteiger partial charge in [0.15, 0.2) is 0 Å². The molecule has 2 unspecified atom stereocenters. The number of hydrogen-bond acceptors (Lipinski definition) is 2. The van der Waals surface area contributed by atoms with E-state index in [0.29, 0.717) is 16.5 Å². The minimum absolute atomic E-state index is 0. The number of rotatable bonds is 2. The zero-order chi connectivity index (χ0) is 13.1. The Morgan fingerprint density at radius 2 is 2.26 bits per heavy atom. The van der Waals surface area contributed by atoms with Crippen LogP contribution in [0.1, 0.15) is 23.7 Å². The average Bonchev–Trinajstić information content (AvgIpc) is 2.35. The Hall–Kier alpha value is -0.290. The number of carbonyl (C=O) groups is 1. The van der Waals surface area contributed by atoms with Crippen LogP contribution >= 0.6 is 39.9 Å². The zero-order valence-electron chi connectivity index (χ0n) is 10.6. The first-order valence-electron chi connectivity index (χ1n) is 6.04. The van der Waals surface area contributed by atoms with Gasteiger partial charge in [0.05, 0.1) is 5.56 Å².